The van der Waals surface area contributed by atoms with Gasteiger partial charge in [-0.3, -0.25) is 4.79 Å². The number of nitrogens with zero attached hydrogens (tertiary/aromatic N) is 3. The van der Waals surface area contributed by atoms with E-state index in [0.29, 0.717) is 39.4 Å². The van der Waals surface area contributed by atoms with E-state index in [2.05, 4.69) is 20.7 Å². The summed E-state index contributed by atoms with van der Waals surface area (Å²) in [6.45, 7) is 3.81. The summed E-state index contributed by atoms with van der Waals surface area (Å²) < 4.78 is 21.1. The van der Waals surface area contributed by atoms with Gasteiger partial charge in [0.1, 0.15) is 17.6 Å². The maximum Gasteiger partial charge on any atom is 0.255 e. The van der Waals surface area contributed by atoms with Gasteiger partial charge in [-0.05, 0) is 42.5 Å². The molecule has 2 heterocycles. The van der Waals surface area contributed by atoms with E-state index in [0.717, 1.165) is 5.75 Å². The van der Waals surface area contributed by atoms with E-state index in [1.54, 1.807) is 43.0 Å². The van der Waals surface area contributed by atoms with Crippen LogP contribution in [0.15, 0.2) is 65.0 Å². The van der Waals surface area contributed by atoms with Gasteiger partial charge in [-0.1, -0.05) is 43.0 Å². The number of benzene rings is 2. The molecule has 2 aromatic carbocycles. The van der Waals surface area contributed by atoms with Gasteiger partial charge in [-0.15, -0.1) is 5.10 Å². The van der Waals surface area contributed by atoms with Crippen molar-refractivity contribution in [3.63, 3.8) is 0 Å². The Labute approximate surface area is 183 Å². The third-order valence-electron chi connectivity index (χ3n) is 4.87. The molecule has 1 atom stereocenters. The average molecular weight is 440 g/mol. The number of amides is 1. The van der Waals surface area contributed by atoms with Crippen LogP contribution in [0.2, 0.25) is 0 Å². The first kappa shape index (κ1) is 20.9. The summed E-state index contributed by atoms with van der Waals surface area (Å²) in [5.41, 5.74) is 2.18. The number of aromatic nitrogens is 3. The Kier molecular flexibility index (Phi) is 5.94. The number of anilines is 2. The number of fused-ring (bicyclic) bond motifs is 1. The molecular formula is C22H22FN5O2S. The van der Waals surface area contributed by atoms with Gasteiger partial charge in [0.25, 0.3) is 5.91 Å². The molecule has 0 saturated carbocycles. The first-order valence-electron chi connectivity index (χ1n) is 9.78. The van der Waals surface area contributed by atoms with Crippen molar-refractivity contribution in [1.82, 2.24) is 14.8 Å². The van der Waals surface area contributed by atoms with Crippen LogP contribution < -0.4 is 15.4 Å². The van der Waals surface area contributed by atoms with Crippen molar-refractivity contribution in [1.29, 1.82) is 0 Å². The standard InChI is InChI=1S/C22H22FN5O2S/c1-4-31-22-26-21-24-13(2)18(20(29)25-16-10-5-6-11-17(16)30-3)19(28(21)27-22)14-8-7-9-15(23)12-14/h5-12,19H,4H2,1-3H3,(H,25,29)(H,24,26,27)/t19-/m0/s1. The van der Waals surface area contributed by atoms with Crippen LogP contribution in [0.25, 0.3) is 0 Å². The van der Waals surface area contributed by atoms with Gasteiger partial charge < -0.3 is 15.4 Å². The minimum atomic E-state index is -0.639. The van der Waals surface area contributed by atoms with E-state index in [-0.39, 0.29) is 11.7 Å². The molecule has 1 aromatic heterocycles. The molecule has 0 unspecified atom stereocenters. The maximum absolute atomic E-state index is 14.1. The van der Waals surface area contributed by atoms with Crippen molar-refractivity contribution in [3.05, 3.63) is 71.2 Å². The molecule has 0 aliphatic carbocycles. The second-order valence-corrected chi connectivity index (χ2v) is 8.10. The predicted octanol–water partition coefficient (Wildman–Crippen LogP) is 4.47. The van der Waals surface area contributed by atoms with Crippen LogP contribution in [0.1, 0.15) is 25.5 Å². The highest BCUT2D eigenvalue weighted by Crippen LogP contribution is 2.37. The Hall–Kier alpha value is -3.33. The lowest BCUT2D eigenvalue weighted by molar-refractivity contribution is -0.113. The Bertz CT molecular complexity index is 1160. The van der Waals surface area contributed by atoms with E-state index in [1.165, 1.54) is 23.9 Å². The lowest BCUT2D eigenvalue weighted by atomic mass is 9.95. The number of hydrogen-bond acceptors (Lipinski definition) is 6. The summed E-state index contributed by atoms with van der Waals surface area (Å²) in [4.78, 5) is 18.0. The number of thioether (sulfide) groups is 1. The van der Waals surface area contributed by atoms with Gasteiger partial charge >= 0.3 is 0 Å². The Morgan fingerprint density at radius 1 is 1.29 bits per heavy atom. The number of allylic oxidation sites excluding steroid dienone is 1. The second-order valence-electron chi connectivity index (χ2n) is 6.87. The van der Waals surface area contributed by atoms with Crippen LogP contribution in [0.5, 0.6) is 5.75 Å². The summed E-state index contributed by atoms with van der Waals surface area (Å²) in [5, 5.41) is 11.3. The van der Waals surface area contributed by atoms with Gasteiger partial charge in [-0.25, -0.2) is 9.07 Å². The van der Waals surface area contributed by atoms with Crippen molar-refractivity contribution in [2.75, 3.05) is 23.5 Å². The van der Waals surface area contributed by atoms with E-state index >= 15 is 0 Å². The van der Waals surface area contributed by atoms with Crippen LogP contribution >= 0.6 is 11.8 Å². The molecule has 1 aliphatic heterocycles. The summed E-state index contributed by atoms with van der Waals surface area (Å²) in [6.07, 6.45) is 0. The van der Waals surface area contributed by atoms with Crippen molar-refractivity contribution in [2.24, 2.45) is 0 Å². The molecule has 31 heavy (non-hydrogen) atoms. The Morgan fingerprint density at radius 2 is 2.10 bits per heavy atom. The number of methoxy groups -OCH3 is 1. The fraction of sp³-hybridized carbons (Fsp3) is 0.227. The van der Waals surface area contributed by atoms with Crippen LogP contribution in [-0.2, 0) is 4.79 Å². The molecule has 0 radical (unpaired) electrons. The monoisotopic (exact) mass is 439 g/mol. The molecule has 0 spiro atoms. The number of carbonyl (C=O) groups is 1. The van der Waals surface area contributed by atoms with Crippen LogP contribution in [-0.4, -0.2) is 33.5 Å². The summed E-state index contributed by atoms with van der Waals surface area (Å²) in [5.74, 6) is 1.14. The van der Waals surface area contributed by atoms with Crippen LogP contribution in [0.4, 0.5) is 16.0 Å². The smallest absolute Gasteiger partial charge is 0.255 e. The quantitative estimate of drug-likeness (QED) is 0.552. The van der Waals surface area contributed by atoms with Gasteiger partial charge in [0.05, 0.1) is 18.4 Å². The van der Waals surface area contributed by atoms with Gasteiger partial charge in [-0.2, -0.15) is 4.98 Å². The van der Waals surface area contributed by atoms with E-state index < -0.39 is 6.04 Å². The zero-order chi connectivity index (χ0) is 22.0. The van der Waals surface area contributed by atoms with E-state index in [1.807, 2.05) is 19.1 Å². The topological polar surface area (TPSA) is 81.1 Å². The van der Waals surface area contributed by atoms with E-state index in [4.69, 9.17) is 4.74 Å². The third-order valence-corrected chi connectivity index (χ3v) is 5.59. The van der Waals surface area contributed by atoms with Crippen molar-refractivity contribution in [3.8, 4) is 5.75 Å². The fourth-order valence-corrected chi connectivity index (χ4v) is 4.09. The minimum absolute atomic E-state index is 0.338. The lowest BCUT2D eigenvalue weighted by Gasteiger charge is -2.28. The van der Waals surface area contributed by atoms with Crippen molar-refractivity contribution >= 4 is 29.3 Å². The number of carbonyl (C=O) groups excluding carboxylic acids is 1. The first-order chi connectivity index (χ1) is 15.0. The third kappa shape index (κ3) is 4.13. The zero-order valence-electron chi connectivity index (χ0n) is 17.3. The van der Waals surface area contributed by atoms with E-state index in [9.17, 15) is 9.18 Å². The number of hydrogen-bond donors (Lipinski definition) is 2. The molecule has 0 saturated heterocycles. The van der Waals surface area contributed by atoms with Crippen LogP contribution in [0.3, 0.4) is 0 Å². The molecule has 7 nitrogen and oxygen atoms in total. The molecule has 9 heteroatoms. The van der Waals surface area contributed by atoms with Gasteiger partial charge in [0.2, 0.25) is 11.1 Å². The molecule has 160 valence electrons. The molecule has 0 fully saturated rings. The second kappa shape index (κ2) is 8.81. The number of rotatable bonds is 6. The van der Waals surface area contributed by atoms with Crippen molar-refractivity contribution < 1.29 is 13.9 Å². The number of nitrogens with one attached hydrogen (secondary N) is 2. The summed E-state index contributed by atoms with van der Waals surface area (Å²) in [6, 6.07) is 12.7. The largest absolute Gasteiger partial charge is 0.495 e. The first-order valence-corrected chi connectivity index (χ1v) is 10.8. The highest BCUT2D eigenvalue weighted by Gasteiger charge is 2.34. The molecule has 1 aliphatic rings. The Balaban J connectivity index is 1.79. The molecule has 3 aromatic rings. The number of para-hydroxylation sites is 2. The van der Waals surface area contributed by atoms with Gasteiger partial charge in [0, 0.05) is 5.70 Å². The predicted molar refractivity (Wildman–Crippen MR) is 119 cm³/mol. The molecule has 1 amide bonds. The summed E-state index contributed by atoms with van der Waals surface area (Å²) in [7, 11) is 1.54. The number of ether oxygens (including phenoxy) is 1. The number of halogens is 1. The molecule has 2 N–H and O–H groups in total. The molecule has 0 bridgehead atoms. The van der Waals surface area contributed by atoms with Crippen molar-refractivity contribution in [2.45, 2.75) is 25.0 Å². The fourth-order valence-electron chi connectivity index (χ4n) is 3.54. The van der Waals surface area contributed by atoms with Crippen LogP contribution in [0, 0.1) is 5.82 Å². The average Bonchev–Trinajstić information content (AvgIpc) is 3.15. The minimum Gasteiger partial charge on any atom is -0.495 e. The lowest BCUT2D eigenvalue weighted by Crippen LogP contribution is -2.31. The molecular weight excluding hydrogens is 417 g/mol. The highest BCUT2D eigenvalue weighted by molar-refractivity contribution is 7.99. The SMILES string of the molecule is CCSc1nc2n(n1)[C@@H](c1cccc(F)c1)C(C(=O)Nc1ccccc1OC)=C(C)N2. The molecule has 4 rings (SSSR count). The van der Waals surface area contributed by atoms with Gasteiger partial charge in [0.15, 0.2) is 0 Å². The maximum atomic E-state index is 14.1. The summed E-state index contributed by atoms with van der Waals surface area (Å²) >= 11 is 1.49. The Morgan fingerprint density at radius 3 is 2.84 bits per heavy atom. The zero-order valence-corrected chi connectivity index (χ0v) is 18.2. The highest BCUT2D eigenvalue weighted by atomic mass is 32.2. The normalized spacial score (nSPS) is 15.3.